The summed E-state index contributed by atoms with van der Waals surface area (Å²) in [5.41, 5.74) is -0.262. The molecule has 0 spiro atoms. The van der Waals surface area contributed by atoms with Crippen molar-refractivity contribution >= 4 is 16.9 Å². The van der Waals surface area contributed by atoms with Crippen LogP contribution >= 0.6 is 11.8 Å². The smallest absolute Gasteiger partial charge is 0.159 e. The number of nitrogens with zero attached hydrogens (tertiary/aromatic N) is 1. The molecule has 0 amide bonds. The molecule has 18 heavy (non-hydrogen) atoms. The number of amidine groups is 1. The van der Waals surface area contributed by atoms with Gasteiger partial charge in [-0.3, -0.25) is 4.99 Å². The number of fused-ring (bicyclic) bond motifs is 1. The summed E-state index contributed by atoms with van der Waals surface area (Å²) in [4.78, 5) is 4.28. The fourth-order valence-electron chi connectivity index (χ4n) is 2.22. The van der Waals surface area contributed by atoms with Crippen LogP contribution in [0.1, 0.15) is 13.3 Å². The number of rotatable bonds is 3. The van der Waals surface area contributed by atoms with Gasteiger partial charge >= 0.3 is 0 Å². The Morgan fingerprint density at radius 3 is 2.78 bits per heavy atom. The summed E-state index contributed by atoms with van der Waals surface area (Å²) in [5.74, 6) is 0.0319. The molecular formula is C11H20N2O4S. The minimum absolute atomic E-state index is 0.0319. The van der Waals surface area contributed by atoms with Crippen molar-refractivity contribution in [2.24, 2.45) is 10.9 Å². The Hall–Kier alpha value is -0.340. The largest absolute Gasteiger partial charge is 0.396 e. The van der Waals surface area contributed by atoms with Crippen LogP contribution in [0.2, 0.25) is 0 Å². The molecule has 0 bridgehead atoms. The Bertz CT molecular complexity index is 328. The molecule has 7 heteroatoms. The molecule has 2 heterocycles. The summed E-state index contributed by atoms with van der Waals surface area (Å²) < 4.78 is 5.78. The Balaban J connectivity index is 2.03. The summed E-state index contributed by atoms with van der Waals surface area (Å²) in [6, 6.07) is -0.423. The zero-order valence-corrected chi connectivity index (χ0v) is 11.3. The van der Waals surface area contributed by atoms with Gasteiger partial charge in [-0.25, -0.2) is 0 Å². The lowest BCUT2D eigenvalue weighted by molar-refractivity contribution is -0.158. The third-order valence-corrected chi connectivity index (χ3v) is 4.48. The van der Waals surface area contributed by atoms with E-state index in [0.717, 1.165) is 0 Å². The lowest BCUT2D eigenvalue weighted by Crippen LogP contribution is -2.55. The highest BCUT2D eigenvalue weighted by Gasteiger charge is 2.48. The van der Waals surface area contributed by atoms with Crippen molar-refractivity contribution < 1.29 is 20.1 Å². The van der Waals surface area contributed by atoms with Gasteiger partial charge in [-0.15, -0.1) is 0 Å². The average Bonchev–Trinajstić information content (AvgIpc) is 2.78. The van der Waals surface area contributed by atoms with E-state index in [0.29, 0.717) is 11.6 Å². The number of ether oxygens (including phenoxy) is 1. The molecule has 0 saturated carbocycles. The number of aliphatic imine (C=N–C) groups is 1. The van der Waals surface area contributed by atoms with Gasteiger partial charge in [0.05, 0.1) is 6.10 Å². The second-order valence-electron chi connectivity index (χ2n) is 4.84. The quantitative estimate of drug-likeness (QED) is 0.536. The minimum atomic E-state index is -0.958. The molecule has 0 aromatic rings. The first-order valence-electron chi connectivity index (χ1n) is 6.11. The maximum Gasteiger partial charge on any atom is 0.159 e. The molecular weight excluding hydrogens is 256 g/mol. The van der Waals surface area contributed by atoms with Gasteiger partial charge in [0.1, 0.15) is 23.7 Å². The second-order valence-corrected chi connectivity index (χ2v) is 5.93. The van der Waals surface area contributed by atoms with E-state index in [-0.39, 0.29) is 18.0 Å². The van der Waals surface area contributed by atoms with Gasteiger partial charge in [0.15, 0.2) is 5.17 Å². The van der Waals surface area contributed by atoms with Gasteiger partial charge < -0.3 is 25.4 Å². The lowest BCUT2D eigenvalue weighted by Gasteiger charge is -2.39. The number of aliphatic hydroxyl groups is 3. The molecule has 0 radical (unpaired) electrons. The van der Waals surface area contributed by atoms with Crippen molar-refractivity contribution in [2.45, 2.75) is 43.1 Å². The Morgan fingerprint density at radius 2 is 2.17 bits per heavy atom. The number of hydrogen-bond donors (Lipinski definition) is 4. The first-order chi connectivity index (χ1) is 8.56. The van der Waals surface area contributed by atoms with Gasteiger partial charge in [0.2, 0.25) is 0 Å². The molecule has 2 aliphatic heterocycles. The normalized spacial score (nSPS) is 41.2. The molecule has 0 aromatic carbocycles. The molecule has 2 aliphatic rings. The predicted octanol–water partition coefficient (Wildman–Crippen LogP) is -0.858. The van der Waals surface area contributed by atoms with Crippen LogP contribution < -0.4 is 5.32 Å². The molecule has 6 atom stereocenters. The fourth-order valence-corrected chi connectivity index (χ4v) is 3.30. The van der Waals surface area contributed by atoms with Crippen LogP contribution in [-0.4, -0.2) is 63.9 Å². The van der Waals surface area contributed by atoms with Gasteiger partial charge in [-0.05, 0) is 12.3 Å². The standard InChI is InChI=1S/C11H20N2O4S/c1-5(4-14)3-6-8(15)9(16)7-10(17-6)18-11(12-2)13-7/h5-10,14-16H,3-4H2,1-2H3,(H,12,13)/t5?,6-,7-,8-,9-,10-/m1/s1. The van der Waals surface area contributed by atoms with Crippen molar-refractivity contribution in [3.05, 3.63) is 0 Å². The molecule has 0 aromatic heterocycles. The topological polar surface area (TPSA) is 94.3 Å². The van der Waals surface area contributed by atoms with E-state index in [1.165, 1.54) is 11.8 Å². The summed E-state index contributed by atoms with van der Waals surface area (Å²) >= 11 is 1.42. The van der Waals surface area contributed by atoms with E-state index in [2.05, 4.69) is 10.3 Å². The van der Waals surface area contributed by atoms with E-state index in [9.17, 15) is 10.2 Å². The maximum atomic E-state index is 10.1. The van der Waals surface area contributed by atoms with Crippen molar-refractivity contribution in [3.63, 3.8) is 0 Å². The van der Waals surface area contributed by atoms with Crippen LogP contribution in [0.15, 0.2) is 4.99 Å². The molecule has 4 N–H and O–H groups in total. The summed E-state index contributed by atoms with van der Waals surface area (Å²) in [5, 5.41) is 32.8. The van der Waals surface area contributed by atoms with Crippen LogP contribution in [0.3, 0.4) is 0 Å². The van der Waals surface area contributed by atoms with Crippen LogP contribution in [0.5, 0.6) is 0 Å². The number of aliphatic hydroxyl groups excluding tert-OH is 3. The summed E-state index contributed by atoms with van der Waals surface area (Å²) in [6.45, 7) is 1.92. The van der Waals surface area contributed by atoms with Crippen LogP contribution in [-0.2, 0) is 4.74 Å². The highest BCUT2D eigenvalue weighted by molar-refractivity contribution is 8.14. The second kappa shape index (κ2) is 5.75. The Labute approximate surface area is 110 Å². The third-order valence-electron chi connectivity index (χ3n) is 3.32. The van der Waals surface area contributed by atoms with Crippen molar-refractivity contribution in [3.8, 4) is 0 Å². The molecule has 2 rings (SSSR count). The summed E-state index contributed by atoms with van der Waals surface area (Å²) in [7, 11) is 1.76. The zero-order chi connectivity index (χ0) is 13.3. The van der Waals surface area contributed by atoms with Crippen LogP contribution in [0.25, 0.3) is 0 Å². The first kappa shape index (κ1) is 14.1. The van der Waals surface area contributed by atoms with Crippen molar-refractivity contribution in [1.82, 2.24) is 5.32 Å². The van der Waals surface area contributed by atoms with Gasteiger partial charge in [0, 0.05) is 13.7 Å². The highest BCUT2D eigenvalue weighted by atomic mass is 32.2. The van der Waals surface area contributed by atoms with E-state index in [1.54, 1.807) is 7.05 Å². The highest BCUT2D eigenvalue weighted by Crippen LogP contribution is 2.37. The average molecular weight is 276 g/mol. The monoisotopic (exact) mass is 276 g/mol. The first-order valence-corrected chi connectivity index (χ1v) is 6.99. The SMILES string of the molecule is CNC1=N[C@@H]2[C@@H](O)[C@H](O)[C@@H](CC(C)CO)O[C@@H]2S1. The Kier molecular flexibility index (Phi) is 4.50. The van der Waals surface area contributed by atoms with Gasteiger partial charge in [-0.2, -0.15) is 0 Å². The van der Waals surface area contributed by atoms with E-state index >= 15 is 0 Å². The lowest BCUT2D eigenvalue weighted by atomic mass is 9.92. The van der Waals surface area contributed by atoms with Crippen LogP contribution in [0, 0.1) is 5.92 Å². The molecule has 0 aliphatic carbocycles. The van der Waals surface area contributed by atoms with Crippen molar-refractivity contribution in [1.29, 1.82) is 0 Å². The van der Waals surface area contributed by atoms with E-state index < -0.39 is 24.4 Å². The minimum Gasteiger partial charge on any atom is -0.396 e. The number of nitrogens with one attached hydrogen (secondary N) is 1. The molecule has 1 fully saturated rings. The predicted molar refractivity (Wildman–Crippen MR) is 69.4 cm³/mol. The fraction of sp³-hybridized carbons (Fsp3) is 0.909. The number of thioether (sulfide) groups is 1. The number of hydrogen-bond acceptors (Lipinski definition) is 7. The third kappa shape index (κ3) is 2.65. The summed E-state index contributed by atoms with van der Waals surface area (Å²) in [6.07, 6.45) is -1.81. The van der Waals surface area contributed by atoms with Gasteiger partial charge in [0.25, 0.3) is 0 Å². The molecule has 104 valence electrons. The zero-order valence-electron chi connectivity index (χ0n) is 10.5. The molecule has 6 nitrogen and oxygen atoms in total. The molecule has 1 unspecified atom stereocenters. The maximum absolute atomic E-state index is 10.1. The van der Waals surface area contributed by atoms with E-state index in [4.69, 9.17) is 9.84 Å². The van der Waals surface area contributed by atoms with Gasteiger partial charge in [-0.1, -0.05) is 18.7 Å². The van der Waals surface area contributed by atoms with E-state index in [1.807, 2.05) is 6.92 Å². The Morgan fingerprint density at radius 1 is 1.44 bits per heavy atom. The van der Waals surface area contributed by atoms with Crippen molar-refractivity contribution in [2.75, 3.05) is 13.7 Å². The van der Waals surface area contributed by atoms with Crippen LogP contribution in [0.4, 0.5) is 0 Å². The molecule has 1 saturated heterocycles.